The van der Waals surface area contributed by atoms with Gasteiger partial charge in [-0.05, 0) is 0 Å². The van der Waals surface area contributed by atoms with Gasteiger partial charge in [0.25, 0.3) is 0 Å². The van der Waals surface area contributed by atoms with Crippen LogP contribution in [-0.4, -0.2) is 32.8 Å². The Balaban J connectivity index is 4.04. The summed E-state index contributed by atoms with van der Waals surface area (Å²) in [6, 6.07) is 0. The second-order valence-corrected chi connectivity index (χ2v) is 2.65. The zero-order chi connectivity index (χ0) is 9.02. The van der Waals surface area contributed by atoms with Gasteiger partial charge < -0.3 is 10.2 Å². The number of hydrogen-bond acceptors (Lipinski definition) is 3. The van der Waals surface area contributed by atoms with E-state index in [9.17, 15) is 14.4 Å². The Morgan fingerprint density at radius 1 is 1.27 bits per heavy atom. The molecule has 0 spiro atoms. The van der Waals surface area contributed by atoms with Crippen LogP contribution in [0.15, 0.2) is 0 Å². The molecular weight excluding hydrogens is 220 g/mol. The molecule has 0 aromatic carbocycles. The van der Waals surface area contributed by atoms with Gasteiger partial charge >= 0.3 is 11.9 Å². The van der Waals surface area contributed by atoms with E-state index in [0.717, 1.165) is 0 Å². The Kier molecular flexibility index (Phi) is 3.73. The fourth-order valence-electron chi connectivity index (χ4n) is 0.376. The third-order valence-corrected chi connectivity index (χ3v) is 1.73. The van der Waals surface area contributed by atoms with Crippen molar-refractivity contribution in [2.45, 2.75) is 11.2 Å². The van der Waals surface area contributed by atoms with Gasteiger partial charge in [-0.15, -0.1) is 0 Å². The van der Waals surface area contributed by atoms with Crippen LogP contribution in [0.3, 0.4) is 0 Å². The number of aliphatic carboxylic acids is 2. The zero-order valence-corrected chi connectivity index (χ0v) is 6.87. The number of carbonyl (C=O) groups excluding carboxylic acids is 1. The number of carboxylic acid groups (broad SMARTS) is 2. The lowest BCUT2D eigenvalue weighted by atomic mass is 10.2. The minimum absolute atomic E-state index is 0.776. The highest BCUT2D eigenvalue weighted by atomic mass is 79.9. The third-order valence-electron chi connectivity index (χ3n) is 0.825. The van der Waals surface area contributed by atoms with Crippen LogP contribution in [0, 0.1) is 0 Å². The molecule has 2 N–H and O–H groups in total. The molecule has 11 heavy (non-hydrogen) atoms. The van der Waals surface area contributed by atoms with Crippen LogP contribution in [0.2, 0.25) is 0 Å². The summed E-state index contributed by atoms with van der Waals surface area (Å²) in [6.45, 7) is 0. The number of carbonyl (C=O) groups is 3. The highest BCUT2D eigenvalue weighted by Gasteiger charge is 2.24. The van der Waals surface area contributed by atoms with Crippen molar-refractivity contribution in [1.82, 2.24) is 0 Å². The lowest BCUT2D eigenvalue weighted by Gasteiger charge is -1.98. The van der Waals surface area contributed by atoms with E-state index in [1.165, 1.54) is 0 Å². The molecule has 0 rings (SSSR count). The molecule has 62 valence electrons. The summed E-state index contributed by atoms with van der Waals surface area (Å²) >= 11 is 2.52. The van der Waals surface area contributed by atoms with E-state index in [1.807, 2.05) is 0 Å². The molecule has 0 aliphatic carbocycles. The molecule has 0 aliphatic rings. The average Bonchev–Trinajstić information content (AvgIpc) is 1.84. The van der Waals surface area contributed by atoms with Crippen LogP contribution in [0.5, 0.6) is 0 Å². The second kappa shape index (κ2) is 4.07. The van der Waals surface area contributed by atoms with Gasteiger partial charge in [-0.1, -0.05) is 15.9 Å². The van der Waals surface area contributed by atoms with Crippen LogP contribution in [-0.2, 0) is 14.4 Å². The molecule has 1 unspecified atom stereocenters. The van der Waals surface area contributed by atoms with E-state index < -0.39 is 29.0 Å². The predicted molar refractivity (Wildman–Crippen MR) is 37.6 cm³/mol. The van der Waals surface area contributed by atoms with Gasteiger partial charge in [-0.2, -0.15) is 0 Å². The molecule has 0 heterocycles. The number of hydrogen-bond donors (Lipinski definition) is 2. The molecular formula is C5H5BrO5. The van der Waals surface area contributed by atoms with Crippen LogP contribution < -0.4 is 0 Å². The van der Waals surface area contributed by atoms with Crippen molar-refractivity contribution < 1.29 is 24.6 Å². The lowest BCUT2D eigenvalue weighted by molar-refractivity contribution is -0.142. The van der Waals surface area contributed by atoms with Crippen molar-refractivity contribution in [3.8, 4) is 0 Å². The monoisotopic (exact) mass is 224 g/mol. The van der Waals surface area contributed by atoms with Gasteiger partial charge in [-0.25, -0.2) is 0 Å². The van der Waals surface area contributed by atoms with E-state index in [4.69, 9.17) is 10.2 Å². The Bertz CT molecular complexity index is 199. The fraction of sp³-hybridized carbons (Fsp3) is 0.400. The number of carboxylic acids is 2. The van der Waals surface area contributed by atoms with Crippen LogP contribution in [0.1, 0.15) is 6.42 Å². The number of Topliss-reactive ketones (excluding diaryl/α,β-unsaturated/α-hetero) is 1. The zero-order valence-electron chi connectivity index (χ0n) is 5.28. The van der Waals surface area contributed by atoms with E-state index in [-0.39, 0.29) is 0 Å². The SMILES string of the molecule is O=C(O)CC(=O)C(Br)C(=O)O. The summed E-state index contributed by atoms with van der Waals surface area (Å²) in [7, 11) is 0. The van der Waals surface area contributed by atoms with Crippen molar-refractivity contribution in [2.75, 3.05) is 0 Å². The van der Waals surface area contributed by atoms with E-state index in [2.05, 4.69) is 15.9 Å². The molecule has 0 aromatic rings. The average molecular weight is 225 g/mol. The predicted octanol–water partition coefficient (Wildman–Crippen LogP) is -0.122. The molecule has 1 atom stereocenters. The summed E-state index contributed by atoms with van der Waals surface area (Å²) in [6.07, 6.45) is -0.776. The summed E-state index contributed by atoms with van der Waals surface area (Å²) in [5.41, 5.74) is 0. The van der Waals surface area contributed by atoms with Gasteiger partial charge in [0, 0.05) is 0 Å². The van der Waals surface area contributed by atoms with Crippen molar-refractivity contribution in [3.63, 3.8) is 0 Å². The quantitative estimate of drug-likeness (QED) is 0.513. The largest absolute Gasteiger partial charge is 0.481 e. The first-order valence-corrected chi connectivity index (χ1v) is 3.48. The van der Waals surface area contributed by atoms with E-state index in [1.54, 1.807) is 0 Å². The molecule has 0 radical (unpaired) electrons. The van der Waals surface area contributed by atoms with Crippen molar-refractivity contribution in [3.05, 3.63) is 0 Å². The van der Waals surface area contributed by atoms with E-state index >= 15 is 0 Å². The topological polar surface area (TPSA) is 91.7 Å². The first-order chi connectivity index (χ1) is 4.95. The normalized spacial score (nSPS) is 12.1. The number of rotatable bonds is 4. The second-order valence-electron chi connectivity index (χ2n) is 1.74. The van der Waals surface area contributed by atoms with Gasteiger partial charge in [0.1, 0.15) is 6.42 Å². The van der Waals surface area contributed by atoms with Gasteiger partial charge in [0.15, 0.2) is 10.6 Å². The standard InChI is InChI=1S/C5H5BrO5/c6-4(5(10)11)2(7)1-3(8)9/h4H,1H2,(H,8,9)(H,10,11). The van der Waals surface area contributed by atoms with Gasteiger partial charge in [0.2, 0.25) is 0 Å². The van der Waals surface area contributed by atoms with Gasteiger partial charge in [-0.3, -0.25) is 14.4 Å². The molecule has 5 nitrogen and oxygen atoms in total. The lowest BCUT2D eigenvalue weighted by Crippen LogP contribution is -2.25. The molecule has 0 amide bonds. The van der Waals surface area contributed by atoms with Gasteiger partial charge in [0.05, 0.1) is 0 Å². The number of ketones is 1. The summed E-state index contributed by atoms with van der Waals surface area (Å²) < 4.78 is 0. The highest BCUT2D eigenvalue weighted by molar-refractivity contribution is 9.10. The number of alkyl halides is 1. The number of halogens is 1. The molecule has 0 fully saturated rings. The van der Waals surface area contributed by atoms with Crippen LogP contribution in [0.25, 0.3) is 0 Å². The molecule has 0 saturated carbocycles. The first-order valence-electron chi connectivity index (χ1n) is 2.56. The van der Waals surface area contributed by atoms with E-state index in [0.29, 0.717) is 0 Å². The Morgan fingerprint density at radius 3 is 2.00 bits per heavy atom. The van der Waals surface area contributed by atoms with Crippen molar-refractivity contribution >= 4 is 33.7 Å². The highest BCUT2D eigenvalue weighted by Crippen LogP contribution is 2.03. The Hall–Kier alpha value is -0.910. The smallest absolute Gasteiger partial charge is 0.324 e. The maximum absolute atomic E-state index is 10.6. The summed E-state index contributed by atoms with van der Waals surface area (Å²) in [4.78, 5) is 29.1. The van der Waals surface area contributed by atoms with Crippen LogP contribution >= 0.6 is 15.9 Å². The minimum Gasteiger partial charge on any atom is -0.481 e. The molecule has 0 aliphatic heterocycles. The Morgan fingerprint density at radius 2 is 1.73 bits per heavy atom. The molecule has 0 bridgehead atoms. The maximum atomic E-state index is 10.6. The Labute approximate surface area is 70.1 Å². The summed E-state index contributed by atoms with van der Waals surface area (Å²) in [5.74, 6) is -3.58. The molecule has 0 aromatic heterocycles. The first kappa shape index (κ1) is 10.1. The molecule has 6 heteroatoms. The molecule has 0 saturated heterocycles. The van der Waals surface area contributed by atoms with Crippen molar-refractivity contribution in [1.29, 1.82) is 0 Å². The maximum Gasteiger partial charge on any atom is 0.324 e. The minimum atomic E-state index is -1.42. The van der Waals surface area contributed by atoms with Crippen molar-refractivity contribution in [2.24, 2.45) is 0 Å². The van der Waals surface area contributed by atoms with Crippen LogP contribution in [0.4, 0.5) is 0 Å². The third kappa shape index (κ3) is 3.72. The fourth-order valence-corrected chi connectivity index (χ4v) is 0.538. The summed E-state index contributed by atoms with van der Waals surface area (Å²) in [5, 5.41) is 16.3.